The SMILES string of the molecule is Cc1nc(CCNc2c(N)c(C(C)C)nn2C)cs1. The first-order valence-corrected chi connectivity index (χ1v) is 7.34. The predicted octanol–water partition coefficient (Wildman–Crippen LogP) is 2.55. The van der Waals surface area contributed by atoms with E-state index in [0.29, 0.717) is 5.92 Å². The van der Waals surface area contributed by atoms with E-state index in [0.717, 1.165) is 40.9 Å². The van der Waals surface area contributed by atoms with Crippen LogP contribution in [0.5, 0.6) is 0 Å². The van der Waals surface area contributed by atoms with Crippen molar-refractivity contribution in [1.29, 1.82) is 0 Å². The first-order chi connectivity index (χ1) is 8.99. The zero-order chi connectivity index (χ0) is 14.0. The molecule has 0 saturated carbocycles. The van der Waals surface area contributed by atoms with E-state index < -0.39 is 0 Å². The Hall–Kier alpha value is -1.56. The monoisotopic (exact) mass is 279 g/mol. The Kier molecular flexibility index (Phi) is 4.09. The van der Waals surface area contributed by atoms with Gasteiger partial charge >= 0.3 is 0 Å². The predicted molar refractivity (Wildman–Crippen MR) is 80.8 cm³/mol. The number of anilines is 2. The van der Waals surface area contributed by atoms with Crippen LogP contribution in [-0.2, 0) is 13.5 Å². The molecule has 5 nitrogen and oxygen atoms in total. The lowest BCUT2D eigenvalue weighted by atomic mass is 10.1. The Bertz CT molecular complexity index is 555. The fourth-order valence-electron chi connectivity index (χ4n) is 2.03. The molecule has 0 saturated heterocycles. The highest BCUT2D eigenvalue weighted by atomic mass is 32.1. The van der Waals surface area contributed by atoms with Crippen LogP contribution in [0.1, 0.15) is 36.2 Å². The molecule has 104 valence electrons. The van der Waals surface area contributed by atoms with Crippen LogP contribution in [0, 0.1) is 6.92 Å². The Labute approximate surface area is 117 Å². The first kappa shape index (κ1) is 13.9. The molecule has 3 N–H and O–H groups in total. The number of hydrogen-bond acceptors (Lipinski definition) is 5. The van der Waals surface area contributed by atoms with Crippen molar-refractivity contribution in [2.75, 3.05) is 17.6 Å². The van der Waals surface area contributed by atoms with Crippen molar-refractivity contribution in [1.82, 2.24) is 14.8 Å². The van der Waals surface area contributed by atoms with Gasteiger partial charge in [-0.2, -0.15) is 5.10 Å². The summed E-state index contributed by atoms with van der Waals surface area (Å²) in [4.78, 5) is 4.45. The Morgan fingerprint density at radius 3 is 2.74 bits per heavy atom. The van der Waals surface area contributed by atoms with Crippen LogP contribution in [0.4, 0.5) is 11.5 Å². The number of nitrogens with one attached hydrogen (secondary N) is 1. The molecule has 0 spiro atoms. The lowest BCUT2D eigenvalue weighted by Gasteiger charge is -2.07. The Morgan fingerprint density at radius 2 is 2.21 bits per heavy atom. The van der Waals surface area contributed by atoms with Crippen LogP contribution in [0.15, 0.2) is 5.38 Å². The molecule has 0 amide bonds. The molecule has 2 aromatic rings. The van der Waals surface area contributed by atoms with Gasteiger partial charge in [0.25, 0.3) is 0 Å². The summed E-state index contributed by atoms with van der Waals surface area (Å²) >= 11 is 1.68. The van der Waals surface area contributed by atoms with Crippen molar-refractivity contribution >= 4 is 22.8 Å². The van der Waals surface area contributed by atoms with Gasteiger partial charge in [-0.05, 0) is 12.8 Å². The van der Waals surface area contributed by atoms with Gasteiger partial charge in [-0.3, -0.25) is 4.68 Å². The largest absolute Gasteiger partial charge is 0.394 e. The number of hydrogen-bond donors (Lipinski definition) is 2. The quantitative estimate of drug-likeness (QED) is 0.882. The molecule has 0 aliphatic carbocycles. The highest BCUT2D eigenvalue weighted by Crippen LogP contribution is 2.27. The van der Waals surface area contributed by atoms with E-state index in [4.69, 9.17) is 5.73 Å². The van der Waals surface area contributed by atoms with E-state index in [2.05, 4.69) is 34.6 Å². The van der Waals surface area contributed by atoms with Gasteiger partial charge in [0, 0.05) is 25.4 Å². The molecule has 0 aliphatic rings. The highest BCUT2D eigenvalue weighted by Gasteiger charge is 2.15. The number of thiazole rings is 1. The maximum Gasteiger partial charge on any atom is 0.147 e. The van der Waals surface area contributed by atoms with Crippen LogP contribution in [0.25, 0.3) is 0 Å². The van der Waals surface area contributed by atoms with Crippen molar-refractivity contribution in [3.05, 3.63) is 21.8 Å². The number of nitrogens with zero attached hydrogens (tertiary/aromatic N) is 3. The van der Waals surface area contributed by atoms with E-state index >= 15 is 0 Å². The minimum Gasteiger partial charge on any atom is -0.394 e. The molecule has 0 aromatic carbocycles. The van der Waals surface area contributed by atoms with Crippen LogP contribution >= 0.6 is 11.3 Å². The zero-order valence-electron chi connectivity index (χ0n) is 11.9. The molecular formula is C13H21N5S. The lowest BCUT2D eigenvalue weighted by molar-refractivity contribution is 0.714. The Morgan fingerprint density at radius 1 is 1.47 bits per heavy atom. The van der Waals surface area contributed by atoms with Gasteiger partial charge in [-0.25, -0.2) is 4.98 Å². The molecule has 2 rings (SSSR count). The van der Waals surface area contributed by atoms with Gasteiger partial charge in [-0.1, -0.05) is 13.8 Å². The maximum absolute atomic E-state index is 6.13. The fourth-order valence-corrected chi connectivity index (χ4v) is 2.68. The summed E-state index contributed by atoms with van der Waals surface area (Å²) in [6.45, 7) is 7.03. The van der Waals surface area contributed by atoms with E-state index in [1.807, 2.05) is 18.7 Å². The zero-order valence-corrected chi connectivity index (χ0v) is 12.7. The van der Waals surface area contributed by atoms with Gasteiger partial charge in [-0.15, -0.1) is 11.3 Å². The van der Waals surface area contributed by atoms with Gasteiger partial charge < -0.3 is 11.1 Å². The summed E-state index contributed by atoms with van der Waals surface area (Å²) in [5, 5.41) is 11.0. The summed E-state index contributed by atoms with van der Waals surface area (Å²) in [7, 11) is 1.91. The summed E-state index contributed by atoms with van der Waals surface area (Å²) in [5.41, 5.74) is 8.96. The van der Waals surface area contributed by atoms with Crippen LogP contribution in [0.2, 0.25) is 0 Å². The average Bonchev–Trinajstić information content (AvgIpc) is 2.87. The maximum atomic E-state index is 6.13. The van der Waals surface area contributed by atoms with Gasteiger partial charge in [0.1, 0.15) is 5.82 Å². The summed E-state index contributed by atoms with van der Waals surface area (Å²) in [5.74, 6) is 1.23. The summed E-state index contributed by atoms with van der Waals surface area (Å²) in [6.07, 6.45) is 0.895. The molecule has 6 heteroatoms. The number of aryl methyl sites for hydroxylation is 2. The normalized spacial score (nSPS) is 11.2. The van der Waals surface area contributed by atoms with Gasteiger partial charge in [0.15, 0.2) is 0 Å². The van der Waals surface area contributed by atoms with Crippen LogP contribution in [0.3, 0.4) is 0 Å². The Balaban J connectivity index is 2.00. The van der Waals surface area contributed by atoms with E-state index in [-0.39, 0.29) is 0 Å². The molecule has 0 radical (unpaired) electrons. The standard InChI is InChI=1S/C13H21N5S/c1-8(2)12-11(14)13(18(4)17-12)15-6-5-10-7-19-9(3)16-10/h7-8,15H,5-6,14H2,1-4H3. The van der Waals surface area contributed by atoms with Crippen LogP contribution < -0.4 is 11.1 Å². The molecule has 0 atom stereocenters. The average molecular weight is 279 g/mol. The molecule has 2 aromatic heterocycles. The van der Waals surface area contributed by atoms with Crippen molar-refractivity contribution in [2.24, 2.45) is 7.05 Å². The molecule has 0 aliphatic heterocycles. The minimum atomic E-state index is 0.336. The second kappa shape index (κ2) is 5.61. The van der Waals surface area contributed by atoms with Crippen molar-refractivity contribution in [2.45, 2.75) is 33.1 Å². The van der Waals surface area contributed by atoms with Crippen molar-refractivity contribution in [3.8, 4) is 0 Å². The number of nitrogens with two attached hydrogens (primary N) is 1. The topological polar surface area (TPSA) is 68.8 Å². The van der Waals surface area contributed by atoms with E-state index in [9.17, 15) is 0 Å². The third-order valence-electron chi connectivity index (χ3n) is 3.00. The summed E-state index contributed by atoms with van der Waals surface area (Å²) in [6, 6.07) is 0. The second-order valence-corrected chi connectivity index (χ2v) is 6.02. The molecular weight excluding hydrogens is 258 g/mol. The van der Waals surface area contributed by atoms with Gasteiger partial charge in [0.2, 0.25) is 0 Å². The highest BCUT2D eigenvalue weighted by molar-refractivity contribution is 7.09. The smallest absolute Gasteiger partial charge is 0.147 e. The fraction of sp³-hybridized carbons (Fsp3) is 0.538. The van der Waals surface area contributed by atoms with Crippen LogP contribution in [-0.4, -0.2) is 21.3 Å². The third kappa shape index (κ3) is 3.07. The number of aromatic nitrogens is 3. The lowest BCUT2D eigenvalue weighted by Crippen LogP contribution is -2.10. The number of nitrogen functional groups attached to an aromatic ring is 1. The van der Waals surface area contributed by atoms with E-state index in [1.165, 1.54) is 0 Å². The van der Waals surface area contributed by atoms with Crippen molar-refractivity contribution < 1.29 is 0 Å². The first-order valence-electron chi connectivity index (χ1n) is 6.46. The molecule has 2 heterocycles. The molecule has 19 heavy (non-hydrogen) atoms. The summed E-state index contributed by atoms with van der Waals surface area (Å²) < 4.78 is 1.82. The molecule has 0 bridgehead atoms. The van der Waals surface area contributed by atoms with E-state index in [1.54, 1.807) is 11.3 Å². The molecule has 0 fully saturated rings. The van der Waals surface area contributed by atoms with Crippen molar-refractivity contribution in [3.63, 3.8) is 0 Å². The van der Waals surface area contributed by atoms with Gasteiger partial charge in [0.05, 0.1) is 22.1 Å². The molecule has 0 unspecified atom stereocenters. The second-order valence-electron chi connectivity index (χ2n) is 4.96. The minimum absolute atomic E-state index is 0.336. The number of rotatable bonds is 5. The third-order valence-corrected chi connectivity index (χ3v) is 3.82.